The lowest BCUT2D eigenvalue weighted by atomic mass is 9.36. The molecule has 0 aromatic carbocycles. The zero-order valence-corrected chi connectivity index (χ0v) is 18.8. The molecule has 6 aliphatic rings. The highest BCUT2D eigenvalue weighted by atomic mass is 32.1. The molecular formula is C22H28N4O5S. The number of anilines is 1. The fraction of sp³-hybridized carbons (Fsp3) is 0.682. The second-order valence-corrected chi connectivity index (χ2v) is 11.9. The molecule has 0 unspecified atom stereocenters. The minimum atomic E-state index is -2.19. The van der Waals surface area contributed by atoms with Crippen LogP contribution in [0.5, 0.6) is 0 Å². The normalized spacial score (nSPS) is 47.6. The molecule has 2 spiro atoms. The van der Waals surface area contributed by atoms with Gasteiger partial charge in [-0.1, -0.05) is 20.4 Å². The summed E-state index contributed by atoms with van der Waals surface area (Å²) in [5.41, 5.74) is 3.57. The van der Waals surface area contributed by atoms with Crippen LogP contribution in [0.4, 0.5) is 5.13 Å². The monoisotopic (exact) mass is 460 g/mol. The van der Waals surface area contributed by atoms with Crippen LogP contribution < -0.4 is 11.1 Å². The van der Waals surface area contributed by atoms with Crippen molar-refractivity contribution in [3.63, 3.8) is 0 Å². The van der Waals surface area contributed by atoms with Crippen LogP contribution >= 0.6 is 11.3 Å². The van der Waals surface area contributed by atoms with Crippen LogP contribution in [0.3, 0.4) is 0 Å². The van der Waals surface area contributed by atoms with Crippen molar-refractivity contribution >= 4 is 28.2 Å². The third-order valence-electron chi connectivity index (χ3n) is 9.13. The Morgan fingerprint density at radius 1 is 1.34 bits per heavy atom. The van der Waals surface area contributed by atoms with E-state index in [1.807, 2.05) is 0 Å². The van der Waals surface area contributed by atoms with Crippen LogP contribution in [0.25, 0.3) is 0 Å². The minimum Gasteiger partial charge on any atom is -0.391 e. The first kappa shape index (κ1) is 20.7. The molecule has 3 heterocycles. The summed E-state index contributed by atoms with van der Waals surface area (Å²) in [6.45, 7) is 8.14. The van der Waals surface area contributed by atoms with Gasteiger partial charge < -0.3 is 31.1 Å². The minimum absolute atomic E-state index is 0.0917. The standard InChI is InChI=1S/C22H28N4O5S/c1-8-9-4-5-11-20-7-31-22(30,21(11,14(8)27)15(9)28)16(29)12(20)19(2,3)6-10-13(20)25-18(32-10)26-17(23)24/h9,11-12,15-16,28-30H,1,4-7H2,2-3H3,(H4,23,24,25,26)/t9-,11-,12+,15+,16-,20-,21-,22-/m0/s1. The third kappa shape index (κ3) is 1.91. The highest BCUT2D eigenvalue weighted by Gasteiger charge is 2.86. The first-order chi connectivity index (χ1) is 14.9. The molecule has 1 aromatic heterocycles. The van der Waals surface area contributed by atoms with Crippen molar-refractivity contribution in [3.05, 3.63) is 22.7 Å². The van der Waals surface area contributed by atoms with Crippen molar-refractivity contribution in [1.29, 1.82) is 5.41 Å². The number of nitrogens with one attached hydrogen (secondary N) is 2. The van der Waals surface area contributed by atoms with E-state index in [2.05, 4.69) is 25.7 Å². The van der Waals surface area contributed by atoms with Gasteiger partial charge in [0.1, 0.15) is 11.5 Å². The SMILES string of the molecule is C=C1C(=O)[C@]23[C@H](O)[C@H]1CC[C@H]2[C@@]12CO[C@@]3(O)[C@@H](O)[C@@H]1C(C)(C)Cc1sc(NC(=N)N)nc12. The fourth-order valence-corrected chi connectivity index (χ4v) is 9.57. The van der Waals surface area contributed by atoms with Gasteiger partial charge in [0, 0.05) is 22.1 Å². The van der Waals surface area contributed by atoms with Crippen molar-refractivity contribution in [2.45, 2.75) is 56.5 Å². The Labute approximate surface area is 189 Å². The number of fused-ring (bicyclic) bond motifs is 3. The molecule has 8 atom stereocenters. The van der Waals surface area contributed by atoms with E-state index in [4.69, 9.17) is 20.9 Å². The zero-order valence-electron chi connectivity index (χ0n) is 18.0. The second-order valence-electron chi connectivity index (χ2n) is 10.8. The van der Waals surface area contributed by atoms with Gasteiger partial charge in [0.15, 0.2) is 16.9 Å². The number of Topliss-reactive ketones (excluding diaryl/α,β-unsaturated/α-hetero) is 1. The van der Waals surface area contributed by atoms with E-state index in [-0.39, 0.29) is 12.6 Å². The summed E-state index contributed by atoms with van der Waals surface area (Å²) in [5, 5.41) is 45.8. The number of guanidine groups is 1. The summed E-state index contributed by atoms with van der Waals surface area (Å²) in [6.07, 6.45) is -0.781. The molecular weight excluding hydrogens is 432 g/mol. The number of hydrogen-bond acceptors (Lipinski definition) is 8. The number of ketones is 1. The van der Waals surface area contributed by atoms with Crippen LogP contribution in [0, 0.1) is 34.0 Å². The molecule has 4 bridgehead atoms. The van der Waals surface area contributed by atoms with Gasteiger partial charge in [-0.2, -0.15) is 0 Å². The van der Waals surface area contributed by atoms with Gasteiger partial charge in [0.2, 0.25) is 5.79 Å². The Morgan fingerprint density at radius 3 is 2.75 bits per heavy atom. The molecule has 9 nitrogen and oxygen atoms in total. The number of aliphatic hydroxyl groups excluding tert-OH is 2. The molecule has 5 fully saturated rings. The molecule has 7 N–H and O–H groups in total. The molecule has 0 amide bonds. The summed E-state index contributed by atoms with van der Waals surface area (Å²) in [6, 6.07) is 0. The van der Waals surface area contributed by atoms with Gasteiger partial charge >= 0.3 is 0 Å². The number of hydrogen-bond donors (Lipinski definition) is 6. The Balaban J connectivity index is 1.65. The smallest absolute Gasteiger partial charge is 0.208 e. The summed E-state index contributed by atoms with van der Waals surface area (Å²) >= 11 is 1.40. The Bertz CT molecular complexity index is 1100. The lowest BCUT2D eigenvalue weighted by Gasteiger charge is -2.73. The number of thiazole rings is 1. The molecule has 10 heteroatoms. The number of nitrogens with two attached hydrogens (primary N) is 1. The van der Waals surface area contributed by atoms with E-state index in [0.717, 1.165) is 10.6 Å². The van der Waals surface area contributed by atoms with Crippen LogP contribution in [0.15, 0.2) is 12.2 Å². The largest absolute Gasteiger partial charge is 0.391 e. The maximum Gasteiger partial charge on any atom is 0.208 e. The van der Waals surface area contributed by atoms with Crippen LogP contribution in [0.2, 0.25) is 0 Å². The van der Waals surface area contributed by atoms with E-state index >= 15 is 0 Å². The van der Waals surface area contributed by atoms with Crippen molar-refractivity contribution < 1.29 is 24.9 Å². The van der Waals surface area contributed by atoms with Crippen molar-refractivity contribution in [2.24, 2.45) is 34.3 Å². The summed E-state index contributed by atoms with van der Waals surface area (Å²) in [5.74, 6) is -4.17. The molecule has 3 saturated carbocycles. The zero-order chi connectivity index (χ0) is 23.0. The molecule has 32 heavy (non-hydrogen) atoms. The lowest BCUT2D eigenvalue weighted by molar-refractivity contribution is -0.429. The first-order valence-corrected chi connectivity index (χ1v) is 11.8. The van der Waals surface area contributed by atoms with E-state index in [9.17, 15) is 20.1 Å². The van der Waals surface area contributed by atoms with E-state index in [0.29, 0.717) is 30.0 Å². The highest BCUT2D eigenvalue weighted by Crippen LogP contribution is 2.75. The van der Waals surface area contributed by atoms with Crippen molar-refractivity contribution in [2.75, 3.05) is 11.9 Å². The molecule has 7 rings (SSSR count). The van der Waals surface area contributed by atoms with E-state index in [1.54, 1.807) is 0 Å². The third-order valence-corrected chi connectivity index (χ3v) is 10.1. The van der Waals surface area contributed by atoms with Gasteiger partial charge in [-0.3, -0.25) is 10.2 Å². The number of aromatic nitrogens is 1. The predicted octanol–water partition coefficient (Wildman–Crippen LogP) is 0.490. The van der Waals surface area contributed by atoms with Crippen molar-refractivity contribution in [3.8, 4) is 0 Å². The Morgan fingerprint density at radius 2 is 2.06 bits per heavy atom. The van der Waals surface area contributed by atoms with E-state index in [1.165, 1.54) is 11.3 Å². The maximum atomic E-state index is 13.7. The topological polar surface area (TPSA) is 162 Å². The number of rotatable bonds is 1. The molecule has 2 aliphatic heterocycles. The average molecular weight is 461 g/mol. The van der Waals surface area contributed by atoms with Gasteiger partial charge in [0.25, 0.3) is 0 Å². The van der Waals surface area contributed by atoms with Gasteiger partial charge in [-0.25, -0.2) is 4.98 Å². The van der Waals surface area contributed by atoms with Crippen LogP contribution in [-0.4, -0.2) is 56.6 Å². The first-order valence-electron chi connectivity index (χ1n) is 11.0. The lowest BCUT2D eigenvalue weighted by Crippen LogP contribution is -2.85. The Kier molecular flexibility index (Phi) is 3.75. The van der Waals surface area contributed by atoms with Gasteiger partial charge in [-0.15, -0.1) is 11.3 Å². The van der Waals surface area contributed by atoms with Gasteiger partial charge in [0.05, 0.1) is 18.4 Å². The number of ether oxygens (including phenoxy) is 1. The number of carbonyl (C=O) groups excluding carboxylic acids is 1. The molecule has 0 radical (unpaired) electrons. The number of carbonyl (C=O) groups is 1. The summed E-state index contributed by atoms with van der Waals surface area (Å²) in [7, 11) is 0. The highest BCUT2D eigenvalue weighted by molar-refractivity contribution is 7.15. The van der Waals surface area contributed by atoms with Crippen molar-refractivity contribution in [1.82, 2.24) is 4.98 Å². The summed E-state index contributed by atoms with van der Waals surface area (Å²) in [4.78, 5) is 19.5. The summed E-state index contributed by atoms with van der Waals surface area (Å²) < 4.78 is 6.02. The Hall–Kier alpha value is -1.85. The molecule has 1 aromatic rings. The number of nitrogens with zero attached hydrogens (tertiary/aromatic N) is 1. The van der Waals surface area contributed by atoms with E-state index < -0.39 is 57.8 Å². The fourth-order valence-electron chi connectivity index (χ4n) is 8.26. The van der Waals surface area contributed by atoms with Crippen LogP contribution in [-0.2, 0) is 21.4 Å². The second kappa shape index (κ2) is 5.79. The van der Waals surface area contributed by atoms with Crippen LogP contribution in [0.1, 0.15) is 37.3 Å². The average Bonchev–Trinajstić information content (AvgIpc) is 3.12. The molecule has 172 valence electrons. The maximum absolute atomic E-state index is 13.7. The number of aliphatic hydroxyl groups is 3. The predicted molar refractivity (Wildman–Crippen MR) is 116 cm³/mol. The van der Waals surface area contributed by atoms with Gasteiger partial charge in [-0.05, 0) is 36.2 Å². The molecule has 4 aliphatic carbocycles. The molecule has 2 saturated heterocycles. The quantitative estimate of drug-likeness (QED) is 0.200.